The number of nitrogens with zero attached hydrogens (tertiary/aromatic N) is 1. The predicted octanol–water partition coefficient (Wildman–Crippen LogP) is 3.64. The maximum absolute atomic E-state index is 13.5. The Hall–Kier alpha value is -2.10. The third-order valence-corrected chi connectivity index (χ3v) is 2.87. The summed E-state index contributed by atoms with van der Waals surface area (Å²) in [6.45, 7) is 0.316. The highest BCUT2D eigenvalue weighted by Gasteiger charge is 2.06. The van der Waals surface area contributed by atoms with Crippen molar-refractivity contribution in [3.63, 3.8) is 0 Å². The molecule has 0 aromatic heterocycles. The molecule has 0 amide bonds. The van der Waals surface area contributed by atoms with E-state index in [4.69, 9.17) is 0 Å². The van der Waals surface area contributed by atoms with Gasteiger partial charge in [0.05, 0.1) is 11.4 Å². The Balaban J connectivity index is 2.14. The van der Waals surface area contributed by atoms with Gasteiger partial charge >= 0.3 is 0 Å². The van der Waals surface area contributed by atoms with E-state index in [0.29, 0.717) is 12.1 Å². The number of para-hydroxylation sites is 2. The van der Waals surface area contributed by atoms with Gasteiger partial charge in [-0.15, -0.1) is 0 Å². The van der Waals surface area contributed by atoms with Crippen LogP contribution in [-0.2, 0) is 6.54 Å². The van der Waals surface area contributed by atoms with Crippen LogP contribution in [0.3, 0.4) is 0 Å². The van der Waals surface area contributed by atoms with Gasteiger partial charge in [0.2, 0.25) is 0 Å². The Morgan fingerprint density at radius 2 is 1.79 bits per heavy atom. The van der Waals surface area contributed by atoms with Crippen LogP contribution >= 0.6 is 0 Å². The van der Waals surface area contributed by atoms with E-state index in [1.165, 1.54) is 12.1 Å². The van der Waals surface area contributed by atoms with Crippen LogP contribution in [0.2, 0.25) is 0 Å². The molecule has 0 fully saturated rings. The molecule has 19 heavy (non-hydrogen) atoms. The number of halogens is 2. The highest BCUT2D eigenvalue weighted by Crippen LogP contribution is 2.24. The molecule has 100 valence electrons. The summed E-state index contributed by atoms with van der Waals surface area (Å²) in [5.41, 5.74) is 2.37. The molecule has 0 bridgehead atoms. The van der Waals surface area contributed by atoms with E-state index in [9.17, 15) is 8.78 Å². The van der Waals surface area contributed by atoms with Gasteiger partial charge in [-0.2, -0.15) is 0 Å². The molecule has 2 rings (SSSR count). The minimum atomic E-state index is -0.560. The van der Waals surface area contributed by atoms with Crippen LogP contribution in [0.25, 0.3) is 0 Å². The number of nitrogens with one attached hydrogen (secondary N) is 1. The highest BCUT2D eigenvalue weighted by molar-refractivity contribution is 5.69. The molecular weight excluding hydrogens is 246 g/mol. The minimum absolute atomic E-state index is 0.316. The summed E-state index contributed by atoms with van der Waals surface area (Å²) < 4.78 is 26.3. The molecule has 2 nitrogen and oxygen atoms in total. The van der Waals surface area contributed by atoms with Crippen LogP contribution < -0.4 is 10.2 Å². The first kappa shape index (κ1) is 13.3. The molecular formula is C15H16F2N2. The fourth-order valence-corrected chi connectivity index (χ4v) is 1.87. The molecule has 0 atom stereocenters. The number of benzene rings is 2. The molecule has 0 saturated heterocycles. The lowest BCUT2D eigenvalue weighted by Crippen LogP contribution is -2.12. The normalized spacial score (nSPS) is 10.3. The van der Waals surface area contributed by atoms with Gasteiger partial charge in [-0.25, -0.2) is 8.78 Å². The van der Waals surface area contributed by atoms with Crippen LogP contribution in [0.4, 0.5) is 20.2 Å². The average Bonchev–Trinajstić information content (AvgIpc) is 2.38. The lowest BCUT2D eigenvalue weighted by Gasteiger charge is -2.18. The summed E-state index contributed by atoms with van der Waals surface area (Å²) in [5, 5.41) is 3.17. The van der Waals surface area contributed by atoms with E-state index in [1.807, 2.05) is 43.3 Å². The number of anilines is 2. The second-order valence-electron chi connectivity index (χ2n) is 4.50. The summed E-state index contributed by atoms with van der Waals surface area (Å²) in [6.07, 6.45) is 0. The molecule has 0 spiro atoms. The van der Waals surface area contributed by atoms with Crippen LogP contribution in [0.15, 0.2) is 42.5 Å². The van der Waals surface area contributed by atoms with E-state index in [2.05, 4.69) is 5.32 Å². The fourth-order valence-electron chi connectivity index (χ4n) is 1.87. The van der Waals surface area contributed by atoms with Gasteiger partial charge in [0.1, 0.15) is 11.6 Å². The molecule has 0 aliphatic heterocycles. The summed E-state index contributed by atoms with van der Waals surface area (Å²) in [7, 11) is 3.89. The summed E-state index contributed by atoms with van der Waals surface area (Å²) in [5.74, 6) is -1.09. The maximum atomic E-state index is 13.5. The second kappa shape index (κ2) is 5.69. The van der Waals surface area contributed by atoms with Crippen LogP contribution in [0.1, 0.15) is 5.56 Å². The second-order valence-corrected chi connectivity index (χ2v) is 4.50. The van der Waals surface area contributed by atoms with Crippen molar-refractivity contribution in [1.29, 1.82) is 0 Å². The minimum Gasteiger partial charge on any atom is -0.379 e. The monoisotopic (exact) mass is 262 g/mol. The van der Waals surface area contributed by atoms with E-state index in [1.54, 1.807) is 0 Å². The number of hydrogen-bond acceptors (Lipinski definition) is 2. The van der Waals surface area contributed by atoms with Gasteiger partial charge in [-0.3, -0.25) is 0 Å². The smallest absolute Gasteiger partial charge is 0.131 e. The molecule has 2 aromatic rings. The molecule has 2 aromatic carbocycles. The van der Waals surface area contributed by atoms with Crippen molar-refractivity contribution in [2.75, 3.05) is 24.3 Å². The zero-order chi connectivity index (χ0) is 13.8. The SMILES string of the molecule is CN(C)c1ccccc1NCc1ccc(F)cc1F. The van der Waals surface area contributed by atoms with E-state index in [-0.39, 0.29) is 0 Å². The van der Waals surface area contributed by atoms with Gasteiger partial charge in [0.15, 0.2) is 0 Å². The van der Waals surface area contributed by atoms with Gasteiger partial charge < -0.3 is 10.2 Å². The first-order valence-corrected chi connectivity index (χ1v) is 6.02. The van der Waals surface area contributed by atoms with E-state index < -0.39 is 11.6 Å². The zero-order valence-corrected chi connectivity index (χ0v) is 11.0. The van der Waals surface area contributed by atoms with Crippen LogP contribution in [0.5, 0.6) is 0 Å². The third kappa shape index (κ3) is 3.22. The van der Waals surface area contributed by atoms with Crippen molar-refractivity contribution in [2.45, 2.75) is 6.54 Å². The Morgan fingerprint density at radius 3 is 2.47 bits per heavy atom. The molecule has 0 aliphatic rings. The van der Waals surface area contributed by atoms with Crippen LogP contribution in [0, 0.1) is 11.6 Å². The first-order valence-electron chi connectivity index (χ1n) is 6.02. The molecule has 1 N–H and O–H groups in total. The Bertz CT molecular complexity index is 568. The predicted molar refractivity (Wildman–Crippen MR) is 74.5 cm³/mol. The van der Waals surface area contributed by atoms with Gasteiger partial charge in [0, 0.05) is 32.3 Å². The van der Waals surface area contributed by atoms with Gasteiger partial charge in [0.25, 0.3) is 0 Å². The van der Waals surface area contributed by atoms with Crippen molar-refractivity contribution in [3.8, 4) is 0 Å². The van der Waals surface area contributed by atoms with Crippen molar-refractivity contribution in [2.24, 2.45) is 0 Å². The van der Waals surface area contributed by atoms with Crippen molar-refractivity contribution in [1.82, 2.24) is 0 Å². The first-order chi connectivity index (χ1) is 9.08. The third-order valence-electron chi connectivity index (χ3n) is 2.87. The molecule has 4 heteroatoms. The fraction of sp³-hybridized carbons (Fsp3) is 0.200. The van der Waals surface area contributed by atoms with E-state index >= 15 is 0 Å². The lowest BCUT2D eigenvalue weighted by molar-refractivity contribution is 0.574. The average molecular weight is 262 g/mol. The summed E-state index contributed by atoms with van der Waals surface area (Å²) in [4.78, 5) is 1.98. The largest absolute Gasteiger partial charge is 0.379 e. The Kier molecular flexibility index (Phi) is 4.00. The van der Waals surface area contributed by atoms with Crippen molar-refractivity contribution < 1.29 is 8.78 Å². The molecule has 0 unspecified atom stereocenters. The van der Waals surface area contributed by atoms with Crippen molar-refractivity contribution in [3.05, 3.63) is 59.7 Å². The topological polar surface area (TPSA) is 15.3 Å². The highest BCUT2D eigenvalue weighted by atomic mass is 19.1. The molecule has 0 aliphatic carbocycles. The molecule has 0 heterocycles. The van der Waals surface area contributed by atoms with Crippen LogP contribution in [-0.4, -0.2) is 14.1 Å². The summed E-state index contributed by atoms with van der Waals surface area (Å²) >= 11 is 0. The maximum Gasteiger partial charge on any atom is 0.131 e. The Labute approximate surface area is 111 Å². The Morgan fingerprint density at radius 1 is 1.05 bits per heavy atom. The van der Waals surface area contributed by atoms with Gasteiger partial charge in [-0.05, 0) is 18.2 Å². The number of rotatable bonds is 4. The standard InChI is InChI=1S/C15H16F2N2/c1-19(2)15-6-4-3-5-14(15)18-10-11-7-8-12(16)9-13(11)17/h3-9,18H,10H2,1-2H3. The van der Waals surface area contributed by atoms with Crippen molar-refractivity contribution >= 4 is 11.4 Å². The molecule has 0 saturated carbocycles. The van der Waals surface area contributed by atoms with Gasteiger partial charge in [-0.1, -0.05) is 18.2 Å². The number of hydrogen-bond donors (Lipinski definition) is 1. The summed E-state index contributed by atoms with van der Waals surface area (Å²) in [6, 6.07) is 11.4. The lowest BCUT2D eigenvalue weighted by atomic mass is 10.2. The quantitative estimate of drug-likeness (QED) is 0.905. The zero-order valence-electron chi connectivity index (χ0n) is 11.0. The van der Waals surface area contributed by atoms with E-state index in [0.717, 1.165) is 17.4 Å². The molecule has 0 radical (unpaired) electrons.